The van der Waals surface area contributed by atoms with Crippen LogP contribution in [0.15, 0.2) is 24.3 Å². The fourth-order valence-corrected chi connectivity index (χ4v) is 2.68. The number of hydrogen-bond acceptors (Lipinski definition) is 3. The van der Waals surface area contributed by atoms with Crippen molar-refractivity contribution >= 4 is 5.91 Å². The zero-order chi connectivity index (χ0) is 16.9. The highest BCUT2D eigenvalue weighted by molar-refractivity contribution is 5.77. The highest BCUT2D eigenvalue weighted by Crippen LogP contribution is 2.29. The van der Waals surface area contributed by atoms with E-state index in [0.29, 0.717) is 19.4 Å². The Morgan fingerprint density at radius 1 is 1.39 bits per heavy atom. The lowest BCUT2D eigenvalue weighted by Crippen LogP contribution is -2.49. The SMILES string of the molecule is CCOc1cccc(CCCC(N2CCC(=O)N2)C(F)(F)F)c1. The molecule has 0 radical (unpaired) electrons. The van der Waals surface area contributed by atoms with Crippen LogP contribution in [0.2, 0.25) is 0 Å². The van der Waals surface area contributed by atoms with Crippen molar-refractivity contribution in [3.05, 3.63) is 29.8 Å². The molecule has 0 bridgehead atoms. The minimum atomic E-state index is -4.36. The van der Waals surface area contributed by atoms with Crippen LogP contribution in [0.25, 0.3) is 0 Å². The van der Waals surface area contributed by atoms with E-state index in [-0.39, 0.29) is 25.3 Å². The topological polar surface area (TPSA) is 41.6 Å². The first-order chi connectivity index (χ1) is 10.9. The molecule has 7 heteroatoms. The molecule has 1 N–H and O–H groups in total. The number of benzene rings is 1. The molecule has 128 valence electrons. The lowest BCUT2D eigenvalue weighted by molar-refractivity contribution is -0.190. The van der Waals surface area contributed by atoms with Gasteiger partial charge in [-0.25, -0.2) is 5.01 Å². The number of carbonyl (C=O) groups is 1. The normalized spacial score (nSPS) is 17.1. The molecule has 1 amide bonds. The first-order valence-corrected chi connectivity index (χ1v) is 7.74. The van der Waals surface area contributed by atoms with Crippen molar-refractivity contribution in [1.82, 2.24) is 10.4 Å². The molecule has 0 aliphatic carbocycles. The van der Waals surface area contributed by atoms with Gasteiger partial charge in [-0.05, 0) is 43.9 Å². The van der Waals surface area contributed by atoms with Crippen molar-refractivity contribution in [1.29, 1.82) is 0 Å². The van der Waals surface area contributed by atoms with Gasteiger partial charge in [0.15, 0.2) is 0 Å². The molecule has 1 aliphatic rings. The Morgan fingerprint density at radius 3 is 2.78 bits per heavy atom. The summed E-state index contributed by atoms with van der Waals surface area (Å²) >= 11 is 0. The summed E-state index contributed by atoms with van der Waals surface area (Å²) in [5.41, 5.74) is 3.24. The number of halogens is 3. The summed E-state index contributed by atoms with van der Waals surface area (Å²) < 4.78 is 44.9. The Bertz CT molecular complexity index is 534. The molecule has 1 aromatic rings. The number of hydrazine groups is 1. The van der Waals surface area contributed by atoms with Crippen molar-refractivity contribution in [2.45, 2.75) is 44.8 Å². The van der Waals surface area contributed by atoms with Gasteiger partial charge in [0, 0.05) is 13.0 Å². The third-order valence-electron chi connectivity index (χ3n) is 3.75. The summed E-state index contributed by atoms with van der Waals surface area (Å²) in [4.78, 5) is 11.1. The second-order valence-electron chi connectivity index (χ2n) is 5.51. The van der Waals surface area contributed by atoms with Crippen molar-refractivity contribution in [3.8, 4) is 5.75 Å². The van der Waals surface area contributed by atoms with E-state index in [1.807, 2.05) is 31.2 Å². The summed E-state index contributed by atoms with van der Waals surface area (Å²) in [5.74, 6) is 0.368. The maximum atomic E-state index is 13.2. The van der Waals surface area contributed by atoms with E-state index >= 15 is 0 Å². The van der Waals surface area contributed by atoms with Crippen LogP contribution in [0.4, 0.5) is 13.2 Å². The van der Waals surface area contributed by atoms with Gasteiger partial charge in [0.05, 0.1) is 6.61 Å². The monoisotopic (exact) mass is 330 g/mol. The summed E-state index contributed by atoms with van der Waals surface area (Å²) in [5, 5.41) is 1.01. The van der Waals surface area contributed by atoms with Gasteiger partial charge in [-0.3, -0.25) is 10.2 Å². The zero-order valence-corrected chi connectivity index (χ0v) is 13.0. The first kappa shape index (κ1) is 17.6. The van der Waals surface area contributed by atoms with Gasteiger partial charge in [0.25, 0.3) is 0 Å². The number of ether oxygens (including phenoxy) is 1. The maximum Gasteiger partial charge on any atom is 0.405 e. The van der Waals surface area contributed by atoms with E-state index in [2.05, 4.69) is 5.43 Å². The predicted molar refractivity (Wildman–Crippen MR) is 79.9 cm³/mol. The maximum absolute atomic E-state index is 13.2. The molecule has 0 spiro atoms. The standard InChI is InChI=1S/C16H21F3N2O2/c1-2-23-13-7-3-5-12(11-13)6-4-8-14(16(17,18)19)21-10-9-15(22)20-21/h3,5,7,11,14H,2,4,6,8-10H2,1H3,(H,20,22). The summed E-state index contributed by atoms with van der Waals surface area (Å²) in [6.07, 6.45) is -3.38. The number of amides is 1. The minimum Gasteiger partial charge on any atom is -0.494 e. The number of nitrogens with one attached hydrogen (secondary N) is 1. The highest BCUT2D eigenvalue weighted by Gasteiger charge is 2.45. The van der Waals surface area contributed by atoms with E-state index in [0.717, 1.165) is 16.3 Å². The first-order valence-electron chi connectivity index (χ1n) is 7.74. The molecule has 0 saturated carbocycles. The van der Waals surface area contributed by atoms with E-state index in [1.54, 1.807) is 0 Å². The Balaban J connectivity index is 1.91. The highest BCUT2D eigenvalue weighted by atomic mass is 19.4. The molecule has 1 fully saturated rings. The van der Waals surface area contributed by atoms with Crippen LogP contribution < -0.4 is 10.2 Å². The fourth-order valence-electron chi connectivity index (χ4n) is 2.68. The number of nitrogens with zero attached hydrogens (tertiary/aromatic N) is 1. The van der Waals surface area contributed by atoms with E-state index in [9.17, 15) is 18.0 Å². The van der Waals surface area contributed by atoms with Crippen molar-refractivity contribution in [2.75, 3.05) is 13.2 Å². The van der Waals surface area contributed by atoms with Crippen LogP contribution in [0.3, 0.4) is 0 Å². The molecule has 1 aromatic carbocycles. The lowest BCUT2D eigenvalue weighted by atomic mass is 10.0. The van der Waals surface area contributed by atoms with Crippen LogP contribution in [-0.2, 0) is 11.2 Å². The third-order valence-corrected chi connectivity index (χ3v) is 3.75. The number of hydrogen-bond donors (Lipinski definition) is 1. The molecule has 1 aliphatic heterocycles. The van der Waals surface area contributed by atoms with Gasteiger partial charge in [-0.15, -0.1) is 0 Å². The van der Waals surface area contributed by atoms with E-state index in [4.69, 9.17) is 4.74 Å². The van der Waals surface area contributed by atoms with E-state index in [1.165, 1.54) is 0 Å². The molecule has 1 unspecified atom stereocenters. The van der Waals surface area contributed by atoms with Crippen LogP contribution in [0.5, 0.6) is 5.75 Å². The Labute approximate surface area is 133 Å². The average molecular weight is 330 g/mol. The molecule has 1 atom stereocenters. The van der Waals surface area contributed by atoms with Crippen molar-refractivity contribution in [2.24, 2.45) is 0 Å². The van der Waals surface area contributed by atoms with Gasteiger partial charge >= 0.3 is 6.18 Å². The smallest absolute Gasteiger partial charge is 0.405 e. The molecular weight excluding hydrogens is 309 g/mol. The zero-order valence-electron chi connectivity index (χ0n) is 13.0. The molecule has 0 aromatic heterocycles. The van der Waals surface area contributed by atoms with Crippen molar-refractivity contribution in [3.63, 3.8) is 0 Å². The number of aryl methyl sites for hydroxylation is 1. The molecule has 4 nitrogen and oxygen atoms in total. The Morgan fingerprint density at radius 2 is 2.17 bits per heavy atom. The molecule has 2 rings (SSSR count). The quantitative estimate of drug-likeness (QED) is 0.835. The Kier molecular flexibility index (Phi) is 5.87. The van der Waals surface area contributed by atoms with Crippen LogP contribution >= 0.6 is 0 Å². The van der Waals surface area contributed by atoms with Crippen LogP contribution in [0.1, 0.15) is 31.7 Å². The van der Waals surface area contributed by atoms with Gasteiger partial charge in [0.1, 0.15) is 11.8 Å². The number of carbonyl (C=O) groups excluding carboxylic acids is 1. The average Bonchev–Trinajstić information content (AvgIpc) is 2.89. The molecule has 23 heavy (non-hydrogen) atoms. The van der Waals surface area contributed by atoms with Crippen molar-refractivity contribution < 1.29 is 22.7 Å². The third kappa shape index (κ3) is 5.13. The molecular formula is C16H21F3N2O2. The summed E-state index contributed by atoms with van der Waals surface area (Å²) in [6.45, 7) is 2.53. The number of rotatable bonds is 7. The summed E-state index contributed by atoms with van der Waals surface area (Å²) in [6, 6.07) is 5.75. The summed E-state index contributed by atoms with van der Waals surface area (Å²) in [7, 11) is 0. The molecule has 1 heterocycles. The van der Waals surface area contributed by atoms with Gasteiger partial charge in [-0.1, -0.05) is 12.1 Å². The Hall–Kier alpha value is -1.76. The predicted octanol–water partition coefficient (Wildman–Crippen LogP) is 3.08. The van der Waals surface area contributed by atoms with Gasteiger partial charge in [-0.2, -0.15) is 13.2 Å². The van der Waals surface area contributed by atoms with E-state index < -0.39 is 12.2 Å². The van der Waals surface area contributed by atoms with Gasteiger partial charge < -0.3 is 4.74 Å². The lowest BCUT2D eigenvalue weighted by Gasteiger charge is -2.28. The largest absolute Gasteiger partial charge is 0.494 e. The fraction of sp³-hybridized carbons (Fsp3) is 0.562. The second-order valence-corrected chi connectivity index (χ2v) is 5.51. The van der Waals surface area contributed by atoms with Crippen LogP contribution in [-0.4, -0.2) is 36.3 Å². The minimum absolute atomic E-state index is 0.0529. The number of alkyl halides is 3. The van der Waals surface area contributed by atoms with Crippen LogP contribution in [0, 0.1) is 0 Å². The van der Waals surface area contributed by atoms with Gasteiger partial charge in [0.2, 0.25) is 5.91 Å². The molecule has 1 saturated heterocycles. The second kappa shape index (κ2) is 7.68.